The summed E-state index contributed by atoms with van der Waals surface area (Å²) in [5.41, 5.74) is 0. The Bertz CT molecular complexity index is 236. The number of nitrogens with zero attached hydrogens (tertiary/aromatic N) is 1. The van der Waals surface area contributed by atoms with Crippen molar-refractivity contribution >= 4 is 5.91 Å². The van der Waals surface area contributed by atoms with E-state index in [9.17, 15) is 4.79 Å². The van der Waals surface area contributed by atoms with Crippen LogP contribution >= 0.6 is 0 Å². The number of likely N-dealkylation sites (tertiary alicyclic amines) is 1. The van der Waals surface area contributed by atoms with Crippen LogP contribution in [-0.4, -0.2) is 23.4 Å². The van der Waals surface area contributed by atoms with Crippen molar-refractivity contribution < 1.29 is 4.79 Å². The molecule has 1 saturated heterocycles. The summed E-state index contributed by atoms with van der Waals surface area (Å²) < 4.78 is 0. The van der Waals surface area contributed by atoms with Gasteiger partial charge in [-0.25, -0.2) is 0 Å². The first-order chi connectivity index (χ1) is 6.59. The lowest BCUT2D eigenvalue weighted by molar-refractivity contribution is -0.138. The molecule has 2 fully saturated rings. The highest BCUT2D eigenvalue weighted by Gasteiger charge is 2.41. The van der Waals surface area contributed by atoms with Crippen molar-refractivity contribution in [2.24, 2.45) is 17.8 Å². The number of rotatable bonds is 2. The van der Waals surface area contributed by atoms with Crippen molar-refractivity contribution in [2.75, 3.05) is 6.54 Å². The molecular weight excluding hydrogens is 174 g/mol. The molecular formula is C12H21NO. The van der Waals surface area contributed by atoms with Crippen molar-refractivity contribution in [2.45, 2.75) is 46.1 Å². The molecule has 2 unspecified atom stereocenters. The number of fused-ring (bicyclic) bond motifs is 2. The minimum absolute atomic E-state index is 0.203. The second kappa shape index (κ2) is 3.56. The molecule has 2 aliphatic rings. The highest BCUT2D eigenvalue weighted by Crippen LogP contribution is 2.38. The first-order valence-corrected chi connectivity index (χ1v) is 5.90. The number of piperidine rings is 1. The minimum atomic E-state index is 0.203. The summed E-state index contributed by atoms with van der Waals surface area (Å²) in [6.07, 6.45) is 3.88. The lowest BCUT2D eigenvalue weighted by Gasteiger charge is -2.30. The third-order valence-electron chi connectivity index (χ3n) is 4.08. The van der Waals surface area contributed by atoms with Gasteiger partial charge in [-0.1, -0.05) is 20.8 Å². The maximum Gasteiger partial charge on any atom is 0.225 e. The fourth-order valence-corrected chi connectivity index (χ4v) is 2.74. The molecule has 2 heteroatoms. The molecule has 0 spiro atoms. The number of hydrogen-bond donors (Lipinski definition) is 0. The maximum absolute atomic E-state index is 12.1. The third-order valence-corrected chi connectivity index (χ3v) is 4.08. The summed E-state index contributed by atoms with van der Waals surface area (Å²) in [7, 11) is 0. The van der Waals surface area contributed by atoms with Crippen LogP contribution in [0.2, 0.25) is 0 Å². The molecule has 2 rings (SSSR count). The predicted molar refractivity (Wildman–Crippen MR) is 56.8 cm³/mol. The Morgan fingerprint density at radius 3 is 2.43 bits per heavy atom. The summed E-state index contributed by atoms with van der Waals surface area (Å²) >= 11 is 0. The number of hydrogen-bond acceptors (Lipinski definition) is 1. The summed E-state index contributed by atoms with van der Waals surface area (Å²) in [6.45, 7) is 7.38. The van der Waals surface area contributed by atoms with Crippen LogP contribution in [0.4, 0.5) is 0 Å². The van der Waals surface area contributed by atoms with Gasteiger partial charge in [-0.3, -0.25) is 4.79 Å². The Kier molecular flexibility index (Phi) is 2.54. The molecule has 1 aliphatic carbocycles. The molecule has 1 amide bonds. The third kappa shape index (κ3) is 1.55. The monoisotopic (exact) mass is 195 g/mol. The molecule has 1 aliphatic heterocycles. The molecule has 3 atom stereocenters. The van der Waals surface area contributed by atoms with Gasteiger partial charge >= 0.3 is 0 Å². The summed E-state index contributed by atoms with van der Waals surface area (Å²) in [6, 6.07) is 0.591. The number of amides is 1. The Hall–Kier alpha value is -0.530. The fraction of sp³-hybridized carbons (Fsp3) is 0.917. The van der Waals surface area contributed by atoms with Crippen molar-refractivity contribution in [1.82, 2.24) is 4.90 Å². The van der Waals surface area contributed by atoms with E-state index in [2.05, 4.69) is 25.7 Å². The predicted octanol–water partition coefficient (Wildman–Crippen LogP) is 2.29. The van der Waals surface area contributed by atoms with Gasteiger partial charge in [0.05, 0.1) is 0 Å². The highest BCUT2D eigenvalue weighted by molar-refractivity contribution is 5.79. The van der Waals surface area contributed by atoms with Crippen LogP contribution in [0.25, 0.3) is 0 Å². The first-order valence-electron chi connectivity index (χ1n) is 5.90. The Balaban J connectivity index is 1.99. The highest BCUT2D eigenvalue weighted by atomic mass is 16.2. The molecule has 14 heavy (non-hydrogen) atoms. The van der Waals surface area contributed by atoms with Gasteiger partial charge in [-0.2, -0.15) is 0 Å². The van der Waals surface area contributed by atoms with E-state index in [0.29, 0.717) is 17.9 Å². The lowest BCUT2D eigenvalue weighted by atomic mass is 9.95. The van der Waals surface area contributed by atoms with Gasteiger partial charge in [0.15, 0.2) is 0 Å². The van der Waals surface area contributed by atoms with E-state index in [-0.39, 0.29) is 5.92 Å². The molecule has 2 bridgehead atoms. The largest absolute Gasteiger partial charge is 0.339 e. The van der Waals surface area contributed by atoms with Crippen LogP contribution in [0.1, 0.15) is 40.0 Å². The number of carbonyl (C=O) groups excluding carboxylic acids is 1. The standard InChI is InChI=1S/C12H21NO/c1-8(2)9(3)12(14)13-7-10-4-5-11(13)6-10/h8-11H,4-7H2,1-3H3/t9-,10?,11?/m0/s1. The van der Waals surface area contributed by atoms with Gasteiger partial charge < -0.3 is 4.90 Å². The normalized spacial score (nSPS) is 32.7. The van der Waals surface area contributed by atoms with E-state index in [4.69, 9.17) is 0 Å². The van der Waals surface area contributed by atoms with Crippen LogP contribution in [0.3, 0.4) is 0 Å². The van der Waals surface area contributed by atoms with Gasteiger partial charge in [0.1, 0.15) is 0 Å². The summed E-state index contributed by atoms with van der Waals surface area (Å²) in [5, 5.41) is 0. The van der Waals surface area contributed by atoms with Gasteiger partial charge in [-0.05, 0) is 31.1 Å². The molecule has 0 radical (unpaired) electrons. The molecule has 0 aromatic rings. The summed E-state index contributed by atoms with van der Waals surface area (Å²) in [5.74, 6) is 1.89. The van der Waals surface area contributed by atoms with Gasteiger partial charge in [0.25, 0.3) is 0 Å². The van der Waals surface area contributed by atoms with E-state index in [0.717, 1.165) is 12.5 Å². The van der Waals surface area contributed by atoms with Crippen molar-refractivity contribution in [3.8, 4) is 0 Å². The van der Waals surface area contributed by atoms with E-state index in [1.54, 1.807) is 0 Å². The van der Waals surface area contributed by atoms with Crippen molar-refractivity contribution in [3.63, 3.8) is 0 Å². The Morgan fingerprint density at radius 1 is 1.29 bits per heavy atom. The first kappa shape index (κ1) is 10.0. The second-order valence-electron chi connectivity index (χ2n) is 5.36. The molecule has 0 N–H and O–H groups in total. The smallest absolute Gasteiger partial charge is 0.225 e. The quantitative estimate of drug-likeness (QED) is 0.662. The second-order valence-corrected chi connectivity index (χ2v) is 5.36. The SMILES string of the molecule is CC(C)[C@H](C)C(=O)N1CC2CCC1C2. The van der Waals surface area contributed by atoms with Crippen molar-refractivity contribution in [1.29, 1.82) is 0 Å². The average molecular weight is 195 g/mol. The van der Waals surface area contributed by atoms with Crippen molar-refractivity contribution in [3.05, 3.63) is 0 Å². The zero-order valence-electron chi connectivity index (χ0n) is 9.49. The van der Waals surface area contributed by atoms with E-state index >= 15 is 0 Å². The molecule has 1 heterocycles. The maximum atomic E-state index is 12.1. The molecule has 0 aromatic carbocycles. The molecule has 1 saturated carbocycles. The van der Waals surface area contributed by atoms with E-state index in [1.165, 1.54) is 19.3 Å². The van der Waals surface area contributed by atoms with Crippen LogP contribution in [0, 0.1) is 17.8 Å². The number of carbonyl (C=O) groups is 1. The summed E-state index contributed by atoms with van der Waals surface area (Å²) in [4.78, 5) is 14.3. The van der Waals surface area contributed by atoms with Crippen LogP contribution in [-0.2, 0) is 4.79 Å². The average Bonchev–Trinajstić information content (AvgIpc) is 2.76. The van der Waals surface area contributed by atoms with Gasteiger partial charge in [-0.15, -0.1) is 0 Å². The zero-order chi connectivity index (χ0) is 10.3. The van der Waals surface area contributed by atoms with Gasteiger partial charge in [0, 0.05) is 18.5 Å². The minimum Gasteiger partial charge on any atom is -0.339 e. The topological polar surface area (TPSA) is 20.3 Å². The van der Waals surface area contributed by atoms with Crippen LogP contribution in [0.5, 0.6) is 0 Å². The Morgan fingerprint density at radius 2 is 2.00 bits per heavy atom. The Labute approximate surface area is 86.7 Å². The molecule has 2 nitrogen and oxygen atoms in total. The van der Waals surface area contributed by atoms with Gasteiger partial charge in [0.2, 0.25) is 5.91 Å². The lowest BCUT2D eigenvalue weighted by Crippen LogP contribution is -2.41. The van der Waals surface area contributed by atoms with Crippen LogP contribution in [0.15, 0.2) is 0 Å². The van der Waals surface area contributed by atoms with E-state index < -0.39 is 0 Å². The zero-order valence-corrected chi connectivity index (χ0v) is 9.49. The molecule has 80 valence electrons. The van der Waals surface area contributed by atoms with E-state index in [1.807, 2.05) is 0 Å². The molecule has 0 aromatic heterocycles. The van der Waals surface area contributed by atoms with Crippen LogP contribution < -0.4 is 0 Å². The fourth-order valence-electron chi connectivity index (χ4n) is 2.74.